The van der Waals surface area contributed by atoms with Gasteiger partial charge in [-0.2, -0.15) is 5.10 Å². The van der Waals surface area contributed by atoms with Gasteiger partial charge in [0.15, 0.2) is 11.0 Å². The quantitative estimate of drug-likeness (QED) is 0.205. The molecule has 0 radical (unpaired) electrons. The fraction of sp³-hybridized carbons (Fsp3) is 0.0870. The molecule has 2 heterocycles. The van der Waals surface area contributed by atoms with Crippen molar-refractivity contribution in [3.63, 3.8) is 0 Å². The minimum atomic E-state index is -0.301. The number of hydrogen-bond donors (Lipinski definition) is 2. The highest BCUT2D eigenvalue weighted by atomic mass is 79.9. The Bertz CT molecular complexity index is 1260. The molecule has 10 heteroatoms. The van der Waals surface area contributed by atoms with Gasteiger partial charge in [0.25, 0.3) is 5.91 Å². The van der Waals surface area contributed by atoms with Crippen molar-refractivity contribution in [1.29, 1.82) is 0 Å². The summed E-state index contributed by atoms with van der Waals surface area (Å²) < 4.78 is 2.78. The largest absolute Gasteiger partial charge is 0.507 e. The molecule has 2 N–H and O–H groups in total. The van der Waals surface area contributed by atoms with Crippen LogP contribution in [0.15, 0.2) is 87.8 Å². The number of halogens is 1. The van der Waals surface area contributed by atoms with Crippen LogP contribution >= 0.6 is 27.7 Å². The van der Waals surface area contributed by atoms with E-state index in [0.29, 0.717) is 23.1 Å². The van der Waals surface area contributed by atoms with Crippen LogP contribution in [0.1, 0.15) is 11.1 Å². The smallest absolute Gasteiger partial charge is 0.250 e. The zero-order chi connectivity index (χ0) is 23.0. The molecule has 33 heavy (non-hydrogen) atoms. The van der Waals surface area contributed by atoms with Crippen LogP contribution in [0.5, 0.6) is 5.75 Å². The number of thioether (sulfide) groups is 1. The Morgan fingerprint density at radius 2 is 1.91 bits per heavy atom. The highest BCUT2D eigenvalue weighted by molar-refractivity contribution is 9.10. The average Bonchev–Trinajstić information content (AvgIpc) is 3.23. The number of hydrogen-bond acceptors (Lipinski definition) is 7. The molecule has 166 valence electrons. The predicted molar refractivity (Wildman–Crippen MR) is 131 cm³/mol. The van der Waals surface area contributed by atoms with Crippen LogP contribution < -0.4 is 5.43 Å². The molecule has 4 aromatic rings. The van der Waals surface area contributed by atoms with Crippen LogP contribution in [0.2, 0.25) is 0 Å². The second-order valence-corrected chi connectivity index (χ2v) is 8.76. The average molecular weight is 523 g/mol. The fourth-order valence-electron chi connectivity index (χ4n) is 2.98. The first-order valence-electron chi connectivity index (χ1n) is 9.91. The normalized spacial score (nSPS) is 11.1. The van der Waals surface area contributed by atoms with Crippen LogP contribution in [0.3, 0.4) is 0 Å². The standard InChI is InChI=1S/C23H19BrN6O2S/c24-19-6-7-20(31)18(12-19)13-26-27-21(32)15-33-23-29-28-22(17-8-10-25-11-9-17)30(23)14-16-4-2-1-3-5-16/h1-13,31H,14-15H2,(H,27,32). The zero-order valence-corrected chi connectivity index (χ0v) is 19.7. The van der Waals surface area contributed by atoms with E-state index in [-0.39, 0.29) is 17.4 Å². The Labute approximate surface area is 202 Å². The van der Waals surface area contributed by atoms with E-state index in [1.165, 1.54) is 18.0 Å². The van der Waals surface area contributed by atoms with Crippen LogP contribution in [-0.2, 0) is 11.3 Å². The molecule has 0 aliphatic rings. The number of pyridine rings is 1. The summed E-state index contributed by atoms with van der Waals surface area (Å²) in [6, 6.07) is 18.7. The van der Waals surface area contributed by atoms with Gasteiger partial charge in [-0.25, -0.2) is 5.43 Å². The number of aromatic nitrogens is 4. The molecule has 0 aliphatic carbocycles. The number of rotatable bonds is 8. The number of aromatic hydroxyl groups is 1. The van der Waals surface area contributed by atoms with Crippen LogP contribution in [0.4, 0.5) is 0 Å². The molecule has 0 atom stereocenters. The number of carbonyl (C=O) groups is 1. The molecule has 0 spiro atoms. The van der Waals surface area contributed by atoms with Crippen molar-refractivity contribution in [2.45, 2.75) is 11.7 Å². The van der Waals surface area contributed by atoms with E-state index in [2.05, 4.69) is 41.6 Å². The maximum atomic E-state index is 12.3. The molecule has 0 bridgehead atoms. The third kappa shape index (κ3) is 6.05. The van der Waals surface area contributed by atoms with Crippen LogP contribution in [-0.4, -0.2) is 42.7 Å². The van der Waals surface area contributed by atoms with Crippen molar-refractivity contribution in [2.75, 3.05) is 5.75 Å². The lowest BCUT2D eigenvalue weighted by molar-refractivity contribution is -0.118. The molecule has 0 unspecified atom stereocenters. The Kier molecular flexibility index (Phi) is 7.48. The van der Waals surface area contributed by atoms with Crippen molar-refractivity contribution in [1.82, 2.24) is 25.2 Å². The summed E-state index contributed by atoms with van der Waals surface area (Å²) in [7, 11) is 0. The monoisotopic (exact) mass is 522 g/mol. The number of hydrazone groups is 1. The molecule has 2 aromatic heterocycles. The van der Waals surface area contributed by atoms with Gasteiger partial charge in [-0.05, 0) is 35.9 Å². The molecule has 0 fully saturated rings. The first-order chi connectivity index (χ1) is 16.1. The third-order valence-corrected chi connectivity index (χ3v) is 6.01. The van der Waals surface area contributed by atoms with Crippen LogP contribution in [0, 0.1) is 0 Å². The van der Waals surface area contributed by atoms with E-state index in [4.69, 9.17) is 0 Å². The van der Waals surface area contributed by atoms with Gasteiger partial charge in [0, 0.05) is 28.0 Å². The van der Waals surface area contributed by atoms with Crippen molar-refractivity contribution in [2.24, 2.45) is 5.10 Å². The first-order valence-corrected chi connectivity index (χ1v) is 11.7. The van der Waals surface area contributed by atoms with Crippen molar-refractivity contribution < 1.29 is 9.90 Å². The fourth-order valence-corrected chi connectivity index (χ4v) is 4.09. The van der Waals surface area contributed by atoms with Crippen LogP contribution in [0.25, 0.3) is 11.4 Å². The SMILES string of the molecule is O=C(CSc1nnc(-c2ccncc2)n1Cc1ccccc1)NN=Cc1cc(Br)ccc1O. The highest BCUT2D eigenvalue weighted by Gasteiger charge is 2.16. The molecule has 0 aliphatic heterocycles. The summed E-state index contributed by atoms with van der Waals surface area (Å²) in [4.78, 5) is 16.4. The number of phenolic OH excluding ortho intramolecular Hbond substituents is 1. The molecule has 8 nitrogen and oxygen atoms in total. The first kappa shape index (κ1) is 22.7. The Morgan fingerprint density at radius 1 is 1.12 bits per heavy atom. The van der Waals surface area contributed by atoms with E-state index in [1.807, 2.05) is 47.0 Å². The lowest BCUT2D eigenvalue weighted by Gasteiger charge is -2.10. The second-order valence-electron chi connectivity index (χ2n) is 6.90. The molecule has 1 amide bonds. The lowest BCUT2D eigenvalue weighted by atomic mass is 10.2. The minimum absolute atomic E-state index is 0.0724. The number of carbonyl (C=O) groups excluding carboxylic acids is 1. The van der Waals surface area contributed by atoms with E-state index in [0.717, 1.165) is 15.6 Å². The number of amides is 1. The summed E-state index contributed by atoms with van der Waals surface area (Å²) in [5.74, 6) is 0.575. The molecular weight excluding hydrogens is 504 g/mol. The Morgan fingerprint density at radius 3 is 2.70 bits per heavy atom. The van der Waals surface area contributed by atoms with E-state index >= 15 is 0 Å². The van der Waals surface area contributed by atoms with Gasteiger partial charge in [0.1, 0.15) is 5.75 Å². The molecular formula is C23H19BrN6O2S. The Balaban J connectivity index is 1.46. The van der Waals surface area contributed by atoms with E-state index in [9.17, 15) is 9.90 Å². The number of benzene rings is 2. The van der Waals surface area contributed by atoms with Crippen molar-refractivity contribution >= 4 is 39.8 Å². The molecule has 2 aromatic carbocycles. The van der Waals surface area contributed by atoms with Gasteiger partial charge in [0.2, 0.25) is 0 Å². The zero-order valence-electron chi connectivity index (χ0n) is 17.3. The summed E-state index contributed by atoms with van der Waals surface area (Å²) in [5.41, 5.74) is 4.95. The Hall–Kier alpha value is -3.50. The highest BCUT2D eigenvalue weighted by Crippen LogP contribution is 2.25. The molecule has 0 saturated heterocycles. The van der Waals surface area contributed by atoms with Gasteiger partial charge in [-0.3, -0.25) is 14.3 Å². The van der Waals surface area contributed by atoms with E-state index in [1.54, 1.807) is 30.6 Å². The van der Waals surface area contributed by atoms with E-state index < -0.39 is 0 Å². The third-order valence-electron chi connectivity index (χ3n) is 4.55. The minimum Gasteiger partial charge on any atom is -0.507 e. The number of phenols is 1. The van der Waals surface area contributed by atoms with Gasteiger partial charge in [-0.15, -0.1) is 10.2 Å². The van der Waals surface area contributed by atoms with Gasteiger partial charge < -0.3 is 5.11 Å². The maximum Gasteiger partial charge on any atom is 0.250 e. The van der Waals surface area contributed by atoms with Crippen molar-refractivity contribution in [3.05, 3.63) is 88.7 Å². The van der Waals surface area contributed by atoms with Gasteiger partial charge in [0.05, 0.1) is 18.5 Å². The molecule has 4 rings (SSSR count). The summed E-state index contributed by atoms with van der Waals surface area (Å²) in [6.07, 6.45) is 4.80. The maximum absolute atomic E-state index is 12.3. The number of nitrogens with zero attached hydrogens (tertiary/aromatic N) is 5. The second kappa shape index (κ2) is 10.9. The summed E-state index contributed by atoms with van der Waals surface area (Å²) in [5, 5.41) is 23.1. The lowest BCUT2D eigenvalue weighted by Crippen LogP contribution is -2.20. The summed E-state index contributed by atoms with van der Waals surface area (Å²) >= 11 is 4.61. The summed E-state index contributed by atoms with van der Waals surface area (Å²) in [6.45, 7) is 0.565. The van der Waals surface area contributed by atoms with Gasteiger partial charge in [-0.1, -0.05) is 58.0 Å². The van der Waals surface area contributed by atoms with Gasteiger partial charge >= 0.3 is 0 Å². The predicted octanol–water partition coefficient (Wildman–Crippen LogP) is 4.10. The molecule has 0 saturated carbocycles. The topological polar surface area (TPSA) is 105 Å². The number of nitrogens with one attached hydrogen (secondary N) is 1. The van der Waals surface area contributed by atoms with Crippen molar-refractivity contribution in [3.8, 4) is 17.1 Å².